The maximum Gasteiger partial charge on any atom is 0.319 e. The van der Waals surface area contributed by atoms with E-state index in [-0.39, 0.29) is 6.54 Å². The molecule has 0 aliphatic heterocycles. The molecular formula is C15H14F2N2O2. The lowest BCUT2D eigenvalue weighted by molar-refractivity contribution is 0.175. The molecule has 4 nitrogen and oxygen atoms in total. The number of amides is 2. The summed E-state index contributed by atoms with van der Waals surface area (Å²) in [5, 5.41) is 14.7. The Hall–Kier alpha value is -2.47. The maximum atomic E-state index is 12.9. The number of nitrogens with one attached hydrogen (secondary N) is 2. The predicted octanol–water partition coefficient (Wildman–Crippen LogP) is 2.82. The first-order valence-electron chi connectivity index (χ1n) is 6.28. The SMILES string of the molecule is O=C(NCC(O)c1ccc(F)cc1)Nc1cccc(F)c1. The Kier molecular flexibility index (Phi) is 4.84. The van der Waals surface area contributed by atoms with Crippen molar-refractivity contribution in [2.24, 2.45) is 0 Å². The van der Waals surface area contributed by atoms with E-state index >= 15 is 0 Å². The Morgan fingerprint density at radius 1 is 1.10 bits per heavy atom. The van der Waals surface area contributed by atoms with Gasteiger partial charge in [-0.1, -0.05) is 18.2 Å². The number of carbonyl (C=O) groups is 1. The molecule has 2 rings (SSSR count). The molecule has 6 heteroatoms. The van der Waals surface area contributed by atoms with Gasteiger partial charge in [0, 0.05) is 12.2 Å². The smallest absolute Gasteiger partial charge is 0.319 e. The number of carbonyl (C=O) groups excluding carboxylic acids is 1. The van der Waals surface area contributed by atoms with Crippen LogP contribution in [0.3, 0.4) is 0 Å². The minimum Gasteiger partial charge on any atom is -0.387 e. The van der Waals surface area contributed by atoms with Gasteiger partial charge in [0.2, 0.25) is 0 Å². The molecule has 0 aromatic heterocycles. The van der Waals surface area contributed by atoms with Crippen molar-refractivity contribution in [3.05, 3.63) is 65.7 Å². The Morgan fingerprint density at radius 3 is 2.48 bits per heavy atom. The average Bonchev–Trinajstić information content (AvgIpc) is 2.45. The van der Waals surface area contributed by atoms with Crippen LogP contribution in [0, 0.1) is 11.6 Å². The third-order valence-electron chi connectivity index (χ3n) is 2.79. The monoisotopic (exact) mass is 292 g/mol. The minimum absolute atomic E-state index is 0.0488. The summed E-state index contributed by atoms with van der Waals surface area (Å²) in [4.78, 5) is 11.6. The van der Waals surface area contributed by atoms with Crippen molar-refractivity contribution in [2.45, 2.75) is 6.10 Å². The molecule has 0 saturated heterocycles. The van der Waals surface area contributed by atoms with Gasteiger partial charge in [-0.05, 0) is 35.9 Å². The van der Waals surface area contributed by atoms with E-state index in [1.807, 2.05) is 0 Å². The molecule has 0 aliphatic rings. The normalized spacial score (nSPS) is 11.8. The van der Waals surface area contributed by atoms with Crippen molar-refractivity contribution in [2.75, 3.05) is 11.9 Å². The van der Waals surface area contributed by atoms with E-state index in [1.165, 1.54) is 42.5 Å². The Morgan fingerprint density at radius 2 is 1.81 bits per heavy atom. The van der Waals surface area contributed by atoms with Gasteiger partial charge in [0.05, 0.1) is 6.10 Å². The second-order valence-electron chi connectivity index (χ2n) is 4.41. The predicted molar refractivity (Wildman–Crippen MR) is 74.8 cm³/mol. The lowest BCUT2D eigenvalue weighted by atomic mass is 10.1. The minimum atomic E-state index is -0.955. The second kappa shape index (κ2) is 6.81. The van der Waals surface area contributed by atoms with Crippen molar-refractivity contribution in [3.8, 4) is 0 Å². The van der Waals surface area contributed by atoms with Crippen LogP contribution < -0.4 is 10.6 Å². The molecule has 110 valence electrons. The summed E-state index contributed by atoms with van der Waals surface area (Å²) in [6, 6.07) is 10.2. The summed E-state index contributed by atoms with van der Waals surface area (Å²) in [6.45, 7) is -0.0488. The van der Waals surface area contributed by atoms with Gasteiger partial charge in [-0.25, -0.2) is 13.6 Å². The summed E-state index contributed by atoms with van der Waals surface area (Å²) in [5.74, 6) is -0.859. The number of rotatable bonds is 4. The van der Waals surface area contributed by atoms with Crippen LogP contribution in [0.5, 0.6) is 0 Å². The zero-order valence-corrected chi connectivity index (χ0v) is 11.0. The number of aliphatic hydroxyl groups excluding tert-OH is 1. The molecule has 2 aromatic rings. The highest BCUT2D eigenvalue weighted by molar-refractivity contribution is 5.89. The third kappa shape index (κ3) is 4.54. The van der Waals surface area contributed by atoms with Crippen LogP contribution in [0.1, 0.15) is 11.7 Å². The Balaban J connectivity index is 1.84. The summed E-state index contributed by atoms with van der Waals surface area (Å²) in [5.41, 5.74) is 0.797. The van der Waals surface area contributed by atoms with Gasteiger partial charge in [0.15, 0.2) is 0 Å². The fourth-order valence-corrected chi connectivity index (χ4v) is 1.73. The standard InChI is InChI=1S/C15H14F2N2O2/c16-11-6-4-10(5-7-11)14(20)9-18-15(21)19-13-3-1-2-12(17)8-13/h1-8,14,20H,9H2,(H2,18,19,21). The third-order valence-corrected chi connectivity index (χ3v) is 2.79. The summed E-state index contributed by atoms with van der Waals surface area (Å²) in [6.07, 6.45) is -0.955. The molecule has 3 N–H and O–H groups in total. The second-order valence-corrected chi connectivity index (χ2v) is 4.41. The number of anilines is 1. The number of hydrogen-bond acceptors (Lipinski definition) is 2. The van der Waals surface area contributed by atoms with Gasteiger partial charge in [-0.2, -0.15) is 0 Å². The van der Waals surface area contributed by atoms with Gasteiger partial charge < -0.3 is 15.7 Å². The number of urea groups is 1. The molecule has 21 heavy (non-hydrogen) atoms. The van der Waals surface area contributed by atoms with E-state index in [2.05, 4.69) is 10.6 Å². The van der Waals surface area contributed by atoms with Crippen molar-refractivity contribution in [1.29, 1.82) is 0 Å². The van der Waals surface area contributed by atoms with E-state index in [0.29, 0.717) is 11.3 Å². The first-order valence-corrected chi connectivity index (χ1v) is 6.28. The van der Waals surface area contributed by atoms with Gasteiger partial charge in [-0.15, -0.1) is 0 Å². The zero-order chi connectivity index (χ0) is 15.2. The molecule has 0 aliphatic carbocycles. The molecule has 0 heterocycles. The quantitative estimate of drug-likeness (QED) is 0.811. The topological polar surface area (TPSA) is 61.4 Å². The molecule has 2 amide bonds. The summed E-state index contributed by atoms with van der Waals surface area (Å²) in [7, 11) is 0. The summed E-state index contributed by atoms with van der Waals surface area (Å²) < 4.78 is 25.7. The van der Waals surface area contributed by atoms with Crippen molar-refractivity contribution in [1.82, 2.24) is 5.32 Å². The molecule has 0 fully saturated rings. The fourth-order valence-electron chi connectivity index (χ4n) is 1.73. The number of benzene rings is 2. The van der Waals surface area contributed by atoms with E-state index in [9.17, 15) is 18.7 Å². The molecule has 0 spiro atoms. The fraction of sp³-hybridized carbons (Fsp3) is 0.133. The lowest BCUT2D eigenvalue weighted by Crippen LogP contribution is -2.32. The van der Waals surface area contributed by atoms with Gasteiger partial charge >= 0.3 is 6.03 Å². The number of halogens is 2. The first-order chi connectivity index (χ1) is 10.0. The highest BCUT2D eigenvalue weighted by Gasteiger charge is 2.09. The molecule has 1 atom stereocenters. The van der Waals surface area contributed by atoms with Crippen LogP contribution >= 0.6 is 0 Å². The lowest BCUT2D eigenvalue weighted by Gasteiger charge is -2.13. The van der Waals surface area contributed by atoms with Crippen LogP contribution in [0.2, 0.25) is 0 Å². The van der Waals surface area contributed by atoms with Crippen LogP contribution in [-0.2, 0) is 0 Å². The number of aliphatic hydroxyl groups is 1. The molecule has 0 saturated carbocycles. The van der Waals surface area contributed by atoms with Crippen molar-refractivity contribution < 1.29 is 18.7 Å². The van der Waals surface area contributed by atoms with E-state index in [0.717, 1.165) is 0 Å². The average molecular weight is 292 g/mol. The maximum absolute atomic E-state index is 12.9. The van der Waals surface area contributed by atoms with Crippen LogP contribution in [0.25, 0.3) is 0 Å². The molecule has 1 unspecified atom stereocenters. The van der Waals surface area contributed by atoms with E-state index in [4.69, 9.17) is 0 Å². The van der Waals surface area contributed by atoms with Gasteiger partial charge in [0.25, 0.3) is 0 Å². The molecule has 2 aromatic carbocycles. The molecule has 0 bridgehead atoms. The first kappa shape index (κ1) is 14.9. The van der Waals surface area contributed by atoms with E-state index in [1.54, 1.807) is 6.07 Å². The van der Waals surface area contributed by atoms with Crippen LogP contribution in [0.4, 0.5) is 19.3 Å². The largest absolute Gasteiger partial charge is 0.387 e. The zero-order valence-electron chi connectivity index (χ0n) is 11.0. The Labute approximate surface area is 120 Å². The van der Waals surface area contributed by atoms with Crippen LogP contribution in [-0.4, -0.2) is 17.7 Å². The van der Waals surface area contributed by atoms with Crippen LogP contribution in [0.15, 0.2) is 48.5 Å². The highest BCUT2D eigenvalue weighted by atomic mass is 19.1. The Bertz CT molecular complexity index is 617. The van der Waals surface area contributed by atoms with Crippen molar-refractivity contribution >= 4 is 11.7 Å². The van der Waals surface area contributed by atoms with E-state index < -0.39 is 23.8 Å². The van der Waals surface area contributed by atoms with Crippen molar-refractivity contribution in [3.63, 3.8) is 0 Å². The summed E-state index contributed by atoms with van der Waals surface area (Å²) >= 11 is 0. The van der Waals surface area contributed by atoms with Gasteiger partial charge in [0.1, 0.15) is 11.6 Å². The molecule has 0 radical (unpaired) electrons. The molecular weight excluding hydrogens is 278 g/mol. The van der Waals surface area contributed by atoms with Gasteiger partial charge in [-0.3, -0.25) is 0 Å². The number of hydrogen-bond donors (Lipinski definition) is 3. The highest BCUT2D eigenvalue weighted by Crippen LogP contribution is 2.13.